The van der Waals surface area contributed by atoms with Crippen molar-refractivity contribution >= 4 is 44.3 Å². The van der Waals surface area contributed by atoms with Gasteiger partial charge < -0.3 is 15.2 Å². The van der Waals surface area contributed by atoms with E-state index in [1.165, 1.54) is 6.07 Å². The van der Waals surface area contributed by atoms with Gasteiger partial charge in [-0.3, -0.25) is 4.79 Å². The Bertz CT molecular complexity index is 938. The molecule has 0 spiro atoms. The zero-order valence-electron chi connectivity index (χ0n) is 13.0. The second-order valence-electron chi connectivity index (χ2n) is 5.31. The van der Waals surface area contributed by atoms with Crippen molar-refractivity contribution in [2.24, 2.45) is 0 Å². The van der Waals surface area contributed by atoms with Crippen LogP contribution in [0.15, 0.2) is 65.1 Å². The van der Waals surface area contributed by atoms with E-state index in [0.29, 0.717) is 11.1 Å². The largest absolute Gasteiger partial charge is 0.482 e. The van der Waals surface area contributed by atoms with Crippen molar-refractivity contribution in [2.75, 3.05) is 11.9 Å². The molecule has 0 saturated carbocycles. The molecule has 0 saturated heterocycles. The predicted octanol–water partition coefficient (Wildman–Crippen LogP) is 4.32. The fourth-order valence-corrected chi connectivity index (χ4v) is 2.70. The Morgan fingerprint density at radius 1 is 1.00 bits per heavy atom. The van der Waals surface area contributed by atoms with Gasteiger partial charge in [0, 0.05) is 15.5 Å². The molecule has 0 fully saturated rings. The van der Waals surface area contributed by atoms with Crippen molar-refractivity contribution in [3.63, 3.8) is 0 Å². The third-order valence-electron chi connectivity index (χ3n) is 3.59. The van der Waals surface area contributed by atoms with E-state index in [1.807, 2.05) is 24.3 Å². The number of nitrogens with one attached hydrogen (secondary N) is 1. The Labute approximate surface area is 152 Å². The Morgan fingerprint density at radius 2 is 1.72 bits per heavy atom. The third-order valence-corrected chi connectivity index (χ3v) is 4.11. The van der Waals surface area contributed by atoms with E-state index >= 15 is 0 Å². The van der Waals surface area contributed by atoms with Crippen LogP contribution >= 0.6 is 15.9 Å². The van der Waals surface area contributed by atoms with Crippen molar-refractivity contribution in [3.8, 4) is 5.75 Å². The maximum Gasteiger partial charge on any atom is 0.339 e. The van der Waals surface area contributed by atoms with Gasteiger partial charge in [-0.15, -0.1) is 0 Å². The fourth-order valence-electron chi connectivity index (χ4n) is 2.43. The van der Waals surface area contributed by atoms with Gasteiger partial charge in [-0.1, -0.05) is 46.3 Å². The average Bonchev–Trinajstić information content (AvgIpc) is 2.61. The molecule has 0 unspecified atom stereocenters. The molecule has 0 aliphatic heterocycles. The van der Waals surface area contributed by atoms with E-state index in [1.54, 1.807) is 30.3 Å². The van der Waals surface area contributed by atoms with Crippen LogP contribution in [-0.4, -0.2) is 23.6 Å². The van der Waals surface area contributed by atoms with Gasteiger partial charge in [0.2, 0.25) is 0 Å². The first-order valence-electron chi connectivity index (χ1n) is 7.48. The Kier molecular flexibility index (Phi) is 5.00. The maximum absolute atomic E-state index is 12.1. The lowest BCUT2D eigenvalue weighted by molar-refractivity contribution is -0.118. The van der Waals surface area contributed by atoms with Crippen molar-refractivity contribution in [1.82, 2.24) is 0 Å². The molecule has 3 rings (SSSR count). The summed E-state index contributed by atoms with van der Waals surface area (Å²) in [6.07, 6.45) is 0. The average molecular weight is 400 g/mol. The smallest absolute Gasteiger partial charge is 0.339 e. The minimum Gasteiger partial charge on any atom is -0.482 e. The van der Waals surface area contributed by atoms with E-state index in [0.717, 1.165) is 9.86 Å². The molecular weight excluding hydrogens is 386 g/mol. The van der Waals surface area contributed by atoms with E-state index < -0.39 is 5.97 Å². The molecule has 3 aromatic rings. The Morgan fingerprint density at radius 3 is 2.44 bits per heavy atom. The summed E-state index contributed by atoms with van der Waals surface area (Å²) in [5, 5.41) is 13.6. The Balaban J connectivity index is 1.80. The van der Waals surface area contributed by atoms with Gasteiger partial charge in [0.05, 0.1) is 0 Å². The fraction of sp³-hybridized carbons (Fsp3) is 0.0526. The summed E-state index contributed by atoms with van der Waals surface area (Å²) in [5.41, 5.74) is 0.656. The van der Waals surface area contributed by atoms with Crippen LogP contribution in [0.3, 0.4) is 0 Å². The summed E-state index contributed by atoms with van der Waals surface area (Å²) in [4.78, 5) is 23.5. The summed E-state index contributed by atoms with van der Waals surface area (Å²) < 4.78 is 6.47. The molecule has 126 valence electrons. The summed E-state index contributed by atoms with van der Waals surface area (Å²) >= 11 is 3.32. The first-order valence-corrected chi connectivity index (χ1v) is 8.27. The highest BCUT2D eigenvalue weighted by molar-refractivity contribution is 9.10. The van der Waals surface area contributed by atoms with E-state index in [-0.39, 0.29) is 23.8 Å². The molecule has 5 nitrogen and oxygen atoms in total. The van der Waals surface area contributed by atoms with Gasteiger partial charge in [0.15, 0.2) is 6.61 Å². The van der Waals surface area contributed by atoms with Gasteiger partial charge in [-0.25, -0.2) is 4.79 Å². The maximum atomic E-state index is 12.1. The molecule has 0 radical (unpaired) electrons. The number of halogens is 1. The number of hydrogen-bond acceptors (Lipinski definition) is 3. The molecule has 0 aliphatic carbocycles. The van der Waals surface area contributed by atoms with Crippen LogP contribution in [0.25, 0.3) is 10.8 Å². The van der Waals surface area contributed by atoms with Crippen molar-refractivity contribution < 1.29 is 19.4 Å². The molecule has 0 atom stereocenters. The normalized spacial score (nSPS) is 10.4. The number of ether oxygens (including phenoxy) is 1. The van der Waals surface area contributed by atoms with Crippen molar-refractivity contribution in [2.45, 2.75) is 0 Å². The molecule has 2 N–H and O–H groups in total. The van der Waals surface area contributed by atoms with Gasteiger partial charge in [-0.2, -0.15) is 0 Å². The van der Waals surface area contributed by atoms with Crippen LogP contribution in [0.5, 0.6) is 5.75 Å². The van der Waals surface area contributed by atoms with Crippen LogP contribution in [0.1, 0.15) is 10.4 Å². The molecule has 3 aromatic carbocycles. The number of amides is 1. The van der Waals surface area contributed by atoms with Gasteiger partial charge in [0.1, 0.15) is 11.3 Å². The number of carboxylic acids is 1. The molecule has 0 aromatic heterocycles. The van der Waals surface area contributed by atoms with Gasteiger partial charge in [-0.05, 0) is 35.7 Å². The van der Waals surface area contributed by atoms with Crippen LogP contribution < -0.4 is 10.1 Å². The highest BCUT2D eigenvalue weighted by Gasteiger charge is 2.16. The SMILES string of the molecule is O=C(COc1c(C(=O)O)ccc2ccccc12)Nc1ccc(Br)cc1. The van der Waals surface area contributed by atoms with Crippen molar-refractivity contribution in [1.29, 1.82) is 0 Å². The zero-order valence-corrected chi connectivity index (χ0v) is 14.6. The Hall–Kier alpha value is -2.86. The van der Waals surface area contributed by atoms with Crippen molar-refractivity contribution in [3.05, 3.63) is 70.7 Å². The van der Waals surface area contributed by atoms with E-state index in [9.17, 15) is 14.7 Å². The molecule has 0 bridgehead atoms. The summed E-state index contributed by atoms with van der Waals surface area (Å²) in [6, 6.07) is 17.6. The number of rotatable bonds is 5. The molecule has 6 heteroatoms. The van der Waals surface area contributed by atoms with Gasteiger partial charge in [0.25, 0.3) is 5.91 Å². The lowest BCUT2D eigenvalue weighted by Crippen LogP contribution is -2.21. The number of benzene rings is 3. The quantitative estimate of drug-likeness (QED) is 0.669. The molecule has 0 heterocycles. The first kappa shape index (κ1) is 17.0. The minimum atomic E-state index is -1.10. The van der Waals surface area contributed by atoms with Crippen LogP contribution in [-0.2, 0) is 4.79 Å². The minimum absolute atomic E-state index is 0.0233. The van der Waals surface area contributed by atoms with Gasteiger partial charge >= 0.3 is 5.97 Å². The molecule has 25 heavy (non-hydrogen) atoms. The number of carbonyl (C=O) groups is 2. The number of aromatic carboxylic acids is 1. The number of anilines is 1. The summed E-state index contributed by atoms with van der Waals surface area (Å²) in [5.74, 6) is -1.28. The first-order chi connectivity index (χ1) is 12.0. The number of carbonyl (C=O) groups excluding carboxylic acids is 1. The summed E-state index contributed by atoms with van der Waals surface area (Å²) in [6.45, 7) is -0.287. The zero-order chi connectivity index (χ0) is 17.8. The number of carboxylic acid groups (broad SMARTS) is 1. The molecule has 0 aliphatic rings. The van der Waals surface area contributed by atoms with E-state index in [2.05, 4.69) is 21.2 Å². The second kappa shape index (κ2) is 7.36. The van der Waals surface area contributed by atoms with E-state index in [4.69, 9.17) is 4.74 Å². The molecule has 1 amide bonds. The van der Waals surface area contributed by atoms with Crippen LogP contribution in [0.4, 0.5) is 5.69 Å². The standard InChI is InChI=1S/C19H14BrNO4/c20-13-6-8-14(9-7-13)21-17(22)11-25-18-15-4-2-1-3-12(15)5-10-16(18)19(23)24/h1-10H,11H2,(H,21,22)(H,23,24). The summed E-state index contributed by atoms with van der Waals surface area (Å²) in [7, 11) is 0. The van der Waals surface area contributed by atoms with Crippen LogP contribution in [0.2, 0.25) is 0 Å². The lowest BCUT2D eigenvalue weighted by atomic mass is 10.1. The third kappa shape index (κ3) is 3.97. The highest BCUT2D eigenvalue weighted by atomic mass is 79.9. The number of hydrogen-bond donors (Lipinski definition) is 2. The monoisotopic (exact) mass is 399 g/mol. The van der Waals surface area contributed by atoms with Crippen LogP contribution in [0, 0.1) is 0 Å². The molecular formula is C19H14BrNO4. The lowest BCUT2D eigenvalue weighted by Gasteiger charge is -2.12. The second-order valence-corrected chi connectivity index (χ2v) is 6.23. The highest BCUT2D eigenvalue weighted by Crippen LogP contribution is 2.30. The predicted molar refractivity (Wildman–Crippen MR) is 99.2 cm³/mol. The number of fused-ring (bicyclic) bond motifs is 1. The topological polar surface area (TPSA) is 75.6 Å².